The van der Waals surface area contributed by atoms with Crippen LogP contribution in [-0.4, -0.2) is 19.7 Å². The van der Waals surface area contributed by atoms with E-state index in [2.05, 4.69) is 35.0 Å². The molecule has 17 heavy (non-hydrogen) atoms. The first-order valence-electron chi connectivity index (χ1n) is 5.75. The van der Waals surface area contributed by atoms with Gasteiger partial charge in [-0.25, -0.2) is 4.98 Å². The van der Waals surface area contributed by atoms with Crippen molar-refractivity contribution in [1.82, 2.24) is 19.7 Å². The summed E-state index contributed by atoms with van der Waals surface area (Å²) in [7, 11) is 0. The van der Waals surface area contributed by atoms with Gasteiger partial charge in [-0.05, 0) is 18.9 Å². The predicted octanol–water partition coefficient (Wildman–Crippen LogP) is 2.50. The van der Waals surface area contributed by atoms with Crippen molar-refractivity contribution < 1.29 is 0 Å². The van der Waals surface area contributed by atoms with Crippen molar-refractivity contribution in [3.63, 3.8) is 0 Å². The van der Waals surface area contributed by atoms with E-state index in [1.165, 1.54) is 5.69 Å². The largest absolute Gasteiger partial charge is 0.263 e. The Bertz CT molecular complexity index is 490. The van der Waals surface area contributed by atoms with Crippen molar-refractivity contribution in [2.75, 3.05) is 0 Å². The molecular formula is C12H15ClN4. The van der Waals surface area contributed by atoms with Crippen molar-refractivity contribution >= 4 is 11.6 Å². The molecule has 0 radical (unpaired) electrons. The topological polar surface area (TPSA) is 43.6 Å². The molecule has 5 heteroatoms. The second-order valence-corrected chi connectivity index (χ2v) is 4.21. The van der Waals surface area contributed by atoms with E-state index in [1.807, 2.05) is 4.68 Å². The number of hydrogen-bond acceptors (Lipinski definition) is 3. The van der Waals surface area contributed by atoms with E-state index in [9.17, 15) is 0 Å². The van der Waals surface area contributed by atoms with Crippen LogP contribution in [-0.2, 0) is 19.4 Å². The maximum atomic E-state index is 5.70. The van der Waals surface area contributed by atoms with Gasteiger partial charge in [0.25, 0.3) is 0 Å². The van der Waals surface area contributed by atoms with Gasteiger partial charge in [0.05, 0.1) is 30.3 Å². The lowest BCUT2D eigenvalue weighted by atomic mass is 10.2. The summed E-state index contributed by atoms with van der Waals surface area (Å²) in [6, 6.07) is 2.14. The lowest BCUT2D eigenvalue weighted by Gasteiger charge is -2.04. The number of hydrogen-bond donors (Lipinski definition) is 0. The average Bonchev–Trinajstić information content (AvgIpc) is 2.74. The summed E-state index contributed by atoms with van der Waals surface area (Å²) in [6.45, 7) is 4.88. The number of aryl methyl sites for hydroxylation is 2. The Morgan fingerprint density at radius 1 is 1.12 bits per heavy atom. The van der Waals surface area contributed by atoms with E-state index in [0.717, 1.165) is 24.2 Å². The third-order valence-electron chi connectivity index (χ3n) is 2.62. The molecule has 0 aromatic carbocycles. The minimum atomic E-state index is 0.416. The summed E-state index contributed by atoms with van der Waals surface area (Å²) >= 11 is 5.70. The molecule has 0 aliphatic heterocycles. The Morgan fingerprint density at radius 3 is 2.53 bits per heavy atom. The van der Waals surface area contributed by atoms with Crippen molar-refractivity contribution in [3.05, 3.63) is 40.7 Å². The summed E-state index contributed by atoms with van der Waals surface area (Å²) in [5, 5.41) is 4.95. The third kappa shape index (κ3) is 2.82. The number of nitrogens with zero attached hydrogens (tertiary/aromatic N) is 4. The van der Waals surface area contributed by atoms with Crippen LogP contribution in [0, 0.1) is 0 Å². The molecule has 90 valence electrons. The lowest BCUT2D eigenvalue weighted by molar-refractivity contribution is 0.628. The van der Waals surface area contributed by atoms with Crippen molar-refractivity contribution in [3.8, 4) is 0 Å². The SMILES string of the molecule is CCc1cc(CC)n(Cc2cnc(Cl)cn2)n1. The number of rotatable bonds is 4. The summed E-state index contributed by atoms with van der Waals surface area (Å²) in [6.07, 6.45) is 5.17. The molecule has 2 rings (SSSR count). The Labute approximate surface area is 106 Å². The minimum absolute atomic E-state index is 0.416. The molecule has 0 unspecified atom stereocenters. The Morgan fingerprint density at radius 2 is 1.94 bits per heavy atom. The molecule has 0 N–H and O–H groups in total. The lowest BCUT2D eigenvalue weighted by Crippen LogP contribution is -2.07. The van der Waals surface area contributed by atoms with Crippen LogP contribution in [0.15, 0.2) is 18.5 Å². The van der Waals surface area contributed by atoms with Gasteiger partial charge in [-0.15, -0.1) is 0 Å². The molecule has 4 nitrogen and oxygen atoms in total. The van der Waals surface area contributed by atoms with Crippen LogP contribution >= 0.6 is 11.6 Å². The molecule has 2 aromatic rings. The molecule has 0 aliphatic rings. The predicted molar refractivity (Wildman–Crippen MR) is 67.1 cm³/mol. The zero-order chi connectivity index (χ0) is 12.3. The van der Waals surface area contributed by atoms with E-state index in [-0.39, 0.29) is 0 Å². The third-order valence-corrected chi connectivity index (χ3v) is 2.82. The van der Waals surface area contributed by atoms with Gasteiger partial charge in [-0.2, -0.15) is 5.10 Å². The van der Waals surface area contributed by atoms with E-state index < -0.39 is 0 Å². The molecule has 0 saturated carbocycles. The minimum Gasteiger partial charge on any atom is -0.263 e. The quantitative estimate of drug-likeness (QED) is 0.838. The van der Waals surface area contributed by atoms with Gasteiger partial charge in [0.15, 0.2) is 0 Å². The molecule has 0 amide bonds. The summed E-state index contributed by atoms with van der Waals surface area (Å²) < 4.78 is 1.98. The number of halogens is 1. The van der Waals surface area contributed by atoms with Crippen LogP contribution in [0.1, 0.15) is 30.9 Å². The first kappa shape index (κ1) is 12.0. The summed E-state index contributed by atoms with van der Waals surface area (Å²) in [5.74, 6) is 0. The highest BCUT2D eigenvalue weighted by molar-refractivity contribution is 6.29. The van der Waals surface area contributed by atoms with Gasteiger partial charge in [0.2, 0.25) is 0 Å². The van der Waals surface area contributed by atoms with Crippen LogP contribution in [0.5, 0.6) is 0 Å². The van der Waals surface area contributed by atoms with Gasteiger partial charge in [-0.1, -0.05) is 25.4 Å². The highest BCUT2D eigenvalue weighted by Crippen LogP contribution is 2.09. The Hall–Kier alpha value is -1.42. The van der Waals surface area contributed by atoms with Gasteiger partial charge < -0.3 is 0 Å². The molecule has 0 aliphatic carbocycles. The molecule has 2 aromatic heterocycles. The second kappa shape index (κ2) is 5.27. The smallest absolute Gasteiger partial charge is 0.147 e. The molecule has 0 spiro atoms. The van der Waals surface area contributed by atoms with E-state index >= 15 is 0 Å². The average molecular weight is 251 g/mol. The van der Waals surface area contributed by atoms with Crippen LogP contribution in [0.25, 0.3) is 0 Å². The maximum Gasteiger partial charge on any atom is 0.147 e. The monoisotopic (exact) mass is 250 g/mol. The van der Waals surface area contributed by atoms with Crippen molar-refractivity contribution in [2.45, 2.75) is 33.2 Å². The van der Waals surface area contributed by atoms with Crippen molar-refractivity contribution in [1.29, 1.82) is 0 Å². The Balaban J connectivity index is 2.22. The molecule has 0 fully saturated rings. The zero-order valence-corrected chi connectivity index (χ0v) is 10.8. The van der Waals surface area contributed by atoms with Crippen LogP contribution < -0.4 is 0 Å². The first-order chi connectivity index (χ1) is 8.22. The fourth-order valence-electron chi connectivity index (χ4n) is 1.68. The highest BCUT2D eigenvalue weighted by Gasteiger charge is 2.06. The van der Waals surface area contributed by atoms with Crippen LogP contribution in [0.4, 0.5) is 0 Å². The fraction of sp³-hybridized carbons (Fsp3) is 0.417. The van der Waals surface area contributed by atoms with Gasteiger partial charge in [0.1, 0.15) is 5.15 Å². The van der Waals surface area contributed by atoms with E-state index in [0.29, 0.717) is 11.7 Å². The Kier molecular flexibility index (Phi) is 3.74. The van der Waals surface area contributed by atoms with Gasteiger partial charge in [-0.3, -0.25) is 9.67 Å². The van der Waals surface area contributed by atoms with E-state index in [4.69, 9.17) is 11.6 Å². The summed E-state index contributed by atoms with van der Waals surface area (Å²) in [4.78, 5) is 8.25. The van der Waals surface area contributed by atoms with Gasteiger partial charge in [0, 0.05) is 5.69 Å². The van der Waals surface area contributed by atoms with E-state index in [1.54, 1.807) is 12.4 Å². The zero-order valence-electron chi connectivity index (χ0n) is 10.0. The maximum absolute atomic E-state index is 5.70. The van der Waals surface area contributed by atoms with Crippen LogP contribution in [0.3, 0.4) is 0 Å². The number of aromatic nitrogens is 4. The first-order valence-corrected chi connectivity index (χ1v) is 6.12. The molecule has 0 saturated heterocycles. The second-order valence-electron chi connectivity index (χ2n) is 3.82. The van der Waals surface area contributed by atoms with Gasteiger partial charge >= 0.3 is 0 Å². The fourth-order valence-corrected chi connectivity index (χ4v) is 1.78. The van der Waals surface area contributed by atoms with Crippen molar-refractivity contribution in [2.24, 2.45) is 0 Å². The molecule has 0 bridgehead atoms. The highest BCUT2D eigenvalue weighted by atomic mass is 35.5. The molecular weight excluding hydrogens is 236 g/mol. The normalized spacial score (nSPS) is 10.8. The standard InChI is InChI=1S/C12H15ClN4/c1-3-9-5-11(4-2)17(16-9)8-10-6-15-12(13)7-14-10/h5-7H,3-4,8H2,1-2H3. The molecule has 0 atom stereocenters. The summed E-state index contributed by atoms with van der Waals surface area (Å²) in [5.41, 5.74) is 3.21. The van der Waals surface area contributed by atoms with Crippen LogP contribution in [0.2, 0.25) is 5.15 Å². The molecule has 2 heterocycles.